The highest BCUT2D eigenvalue weighted by atomic mass is 79.9. The molecular formula is C15H12Br2O4. The Labute approximate surface area is 139 Å². The summed E-state index contributed by atoms with van der Waals surface area (Å²) >= 11 is 6.61. The Morgan fingerprint density at radius 2 is 1.24 bits per heavy atom. The number of carboxylic acid groups (broad SMARTS) is 1. The molecule has 21 heavy (non-hydrogen) atoms. The molecule has 110 valence electrons. The molecule has 0 aliphatic rings. The van der Waals surface area contributed by atoms with Gasteiger partial charge in [-0.25, -0.2) is 4.79 Å². The first-order chi connectivity index (χ1) is 9.89. The van der Waals surface area contributed by atoms with Gasteiger partial charge in [-0.2, -0.15) is 0 Å². The molecule has 0 fully saturated rings. The SMILES string of the molecule is CC(Oc1ccc(Br)cc1)(Oc1ccc(Br)cc1)C(=O)O. The quantitative estimate of drug-likeness (QED) is 0.732. The number of hydrogen-bond donors (Lipinski definition) is 1. The van der Waals surface area contributed by atoms with Gasteiger partial charge in [0.15, 0.2) is 0 Å². The molecule has 0 saturated carbocycles. The molecule has 0 spiro atoms. The van der Waals surface area contributed by atoms with E-state index in [4.69, 9.17) is 9.47 Å². The van der Waals surface area contributed by atoms with Crippen LogP contribution in [0.1, 0.15) is 6.92 Å². The maximum Gasteiger partial charge on any atom is 0.390 e. The van der Waals surface area contributed by atoms with Crippen molar-refractivity contribution < 1.29 is 19.4 Å². The zero-order chi connectivity index (χ0) is 15.5. The van der Waals surface area contributed by atoms with E-state index in [-0.39, 0.29) is 0 Å². The molecule has 0 heterocycles. The molecule has 6 heteroatoms. The average molecular weight is 416 g/mol. The van der Waals surface area contributed by atoms with E-state index >= 15 is 0 Å². The smallest absolute Gasteiger partial charge is 0.390 e. The van der Waals surface area contributed by atoms with E-state index in [1.807, 2.05) is 0 Å². The molecule has 0 bridgehead atoms. The van der Waals surface area contributed by atoms with Crippen LogP contribution in [0.3, 0.4) is 0 Å². The van der Waals surface area contributed by atoms with Crippen molar-refractivity contribution in [1.29, 1.82) is 0 Å². The fraction of sp³-hybridized carbons (Fsp3) is 0.133. The summed E-state index contributed by atoms with van der Waals surface area (Å²) in [4.78, 5) is 11.5. The van der Waals surface area contributed by atoms with E-state index in [1.54, 1.807) is 48.5 Å². The first-order valence-electron chi connectivity index (χ1n) is 6.01. The maximum atomic E-state index is 11.5. The number of halogens is 2. The van der Waals surface area contributed by atoms with Gasteiger partial charge in [-0.15, -0.1) is 0 Å². The van der Waals surface area contributed by atoms with E-state index in [0.717, 1.165) is 8.95 Å². The van der Waals surface area contributed by atoms with Crippen LogP contribution in [0.15, 0.2) is 57.5 Å². The van der Waals surface area contributed by atoms with Crippen molar-refractivity contribution in [2.75, 3.05) is 0 Å². The van der Waals surface area contributed by atoms with Gasteiger partial charge < -0.3 is 14.6 Å². The Morgan fingerprint density at radius 1 is 0.905 bits per heavy atom. The summed E-state index contributed by atoms with van der Waals surface area (Å²) in [6, 6.07) is 13.7. The third kappa shape index (κ3) is 4.22. The molecule has 0 aliphatic carbocycles. The normalized spacial score (nSPS) is 11.0. The highest BCUT2D eigenvalue weighted by Gasteiger charge is 2.38. The van der Waals surface area contributed by atoms with Crippen LogP contribution in [0, 0.1) is 0 Å². The fourth-order valence-electron chi connectivity index (χ4n) is 1.56. The van der Waals surface area contributed by atoms with E-state index in [2.05, 4.69) is 31.9 Å². The fourth-order valence-corrected chi connectivity index (χ4v) is 2.09. The molecule has 0 radical (unpaired) electrons. The summed E-state index contributed by atoms with van der Waals surface area (Å²) in [5.41, 5.74) is 0. The summed E-state index contributed by atoms with van der Waals surface area (Å²) in [6.45, 7) is 1.36. The molecule has 0 amide bonds. The van der Waals surface area contributed by atoms with Gasteiger partial charge in [-0.3, -0.25) is 0 Å². The molecule has 0 aromatic heterocycles. The number of carboxylic acids is 1. The molecule has 0 aliphatic heterocycles. The first kappa shape index (κ1) is 15.9. The Morgan fingerprint density at radius 3 is 1.52 bits per heavy atom. The minimum absolute atomic E-state index is 0.403. The van der Waals surface area contributed by atoms with Crippen LogP contribution in [0.2, 0.25) is 0 Å². The summed E-state index contributed by atoms with van der Waals surface area (Å²) in [5, 5.41) is 9.40. The molecule has 2 aromatic rings. The van der Waals surface area contributed by atoms with Crippen LogP contribution in [0.25, 0.3) is 0 Å². The summed E-state index contributed by atoms with van der Waals surface area (Å²) in [5.74, 6) is -2.23. The molecular weight excluding hydrogens is 404 g/mol. The second-order valence-electron chi connectivity index (χ2n) is 4.36. The summed E-state index contributed by atoms with van der Waals surface area (Å²) in [6.07, 6.45) is 0. The summed E-state index contributed by atoms with van der Waals surface area (Å²) < 4.78 is 12.7. The Bertz CT molecular complexity index is 576. The second-order valence-corrected chi connectivity index (χ2v) is 6.19. The molecule has 0 saturated heterocycles. The van der Waals surface area contributed by atoms with Gasteiger partial charge in [0, 0.05) is 15.9 Å². The van der Waals surface area contributed by atoms with Gasteiger partial charge in [0.05, 0.1) is 0 Å². The van der Waals surface area contributed by atoms with Gasteiger partial charge in [-0.05, 0) is 48.5 Å². The van der Waals surface area contributed by atoms with E-state index in [1.165, 1.54) is 6.92 Å². The van der Waals surface area contributed by atoms with Gasteiger partial charge in [0.25, 0.3) is 0 Å². The number of rotatable bonds is 5. The van der Waals surface area contributed by atoms with Crippen LogP contribution in [-0.2, 0) is 4.79 Å². The topological polar surface area (TPSA) is 55.8 Å². The molecule has 2 rings (SSSR count). The highest BCUT2D eigenvalue weighted by Crippen LogP contribution is 2.25. The van der Waals surface area contributed by atoms with Crippen molar-refractivity contribution in [1.82, 2.24) is 0 Å². The standard InChI is InChI=1S/C15H12Br2O4/c1-15(14(18)19,20-12-6-2-10(16)3-7-12)21-13-8-4-11(17)5-9-13/h2-9H,1H3,(H,18,19). The lowest BCUT2D eigenvalue weighted by molar-refractivity contribution is -0.181. The summed E-state index contributed by atoms with van der Waals surface area (Å²) in [7, 11) is 0. The lowest BCUT2D eigenvalue weighted by Crippen LogP contribution is -2.47. The second kappa shape index (κ2) is 6.49. The van der Waals surface area contributed by atoms with Crippen molar-refractivity contribution in [3.05, 3.63) is 57.5 Å². The van der Waals surface area contributed by atoms with Crippen molar-refractivity contribution >= 4 is 37.8 Å². The number of benzene rings is 2. The van der Waals surface area contributed by atoms with E-state index < -0.39 is 11.8 Å². The molecule has 0 atom stereocenters. The van der Waals surface area contributed by atoms with Crippen LogP contribution in [-0.4, -0.2) is 16.9 Å². The number of aliphatic carboxylic acids is 1. The van der Waals surface area contributed by atoms with Crippen LogP contribution >= 0.6 is 31.9 Å². The highest BCUT2D eigenvalue weighted by molar-refractivity contribution is 9.10. The van der Waals surface area contributed by atoms with Crippen molar-refractivity contribution in [2.45, 2.75) is 12.7 Å². The third-order valence-corrected chi connectivity index (χ3v) is 3.70. The van der Waals surface area contributed by atoms with E-state index in [0.29, 0.717) is 11.5 Å². The lowest BCUT2D eigenvalue weighted by Gasteiger charge is -2.27. The van der Waals surface area contributed by atoms with Crippen LogP contribution in [0.4, 0.5) is 0 Å². The van der Waals surface area contributed by atoms with Gasteiger partial charge in [0.2, 0.25) is 0 Å². The minimum atomic E-state index is -1.82. The van der Waals surface area contributed by atoms with E-state index in [9.17, 15) is 9.90 Å². The third-order valence-electron chi connectivity index (χ3n) is 2.64. The molecule has 0 unspecified atom stereocenters. The largest absolute Gasteiger partial charge is 0.475 e. The monoisotopic (exact) mass is 414 g/mol. The predicted octanol–water partition coefficient (Wildman–Crippen LogP) is 4.47. The number of carbonyl (C=O) groups is 1. The molecule has 1 N–H and O–H groups in total. The van der Waals surface area contributed by atoms with Crippen LogP contribution in [0.5, 0.6) is 11.5 Å². The number of ether oxygens (including phenoxy) is 2. The molecule has 2 aromatic carbocycles. The van der Waals surface area contributed by atoms with Crippen molar-refractivity contribution in [3.8, 4) is 11.5 Å². The first-order valence-corrected chi connectivity index (χ1v) is 7.60. The zero-order valence-electron chi connectivity index (χ0n) is 11.0. The minimum Gasteiger partial charge on any atom is -0.475 e. The Kier molecular flexibility index (Phi) is 4.90. The predicted molar refractivity (Wildman–Crippen MR) is 85.6 cm³/mol. The lowest BCUT2D eigenvalue weighted by atomic mass is 10.3. The maximum absolute atomic E-state index is 11.5. The van der Waals surface area contributed by atoms with Gasteiger partial charge >= 0.3 is 11.8 Å². The Hall–Kier alpha value is -1.53. The zero-order valence-corrected chi connectivity index (χ0v) is 14.2. The van der Waals surface area contributed by atoms with Crippen LogP contribution < -0.4 is 9.47 Å². The average Bonchev–Trinajstić information content (AvgIpc) is 2.44. The van der Waals surface area contributed by atoms with Crippen molar-refractivity contribution in [2.24, 2.45) is 0 Å². The molecule has 4 nitrogen and oxygen atoms in total. The number of hydrogen-bond acceptors (Lipinski definition) is 3. The Balaban J connectivity index is 2.21. The van der Waals surface area contributed by atoms with Gasteiger partial charge in [0.1, 0.15) is 11.5 Å². The van der Waals surface area contributed by atoms with Gasteiger partial charge in [-0.1, -0.05) is 31.9 Å². The van der Waals surface area contributed by atoms with Crippen molar-refractivity contribution in [3.63, 3.8) is 0 Å².